The van der Waals surface area contributed by atoms with Crippen LogP contribution in [0.5, 0.6) is 11.5 Å². The molecule has 2 rings (SSSR count). The fraction of sp³-hybridized carbons (Fsp3) is 0.467. The molecule has 0 aliphatic carbocycles. The second-order valence-electron chi connectivity index (χ2n) is 4.57. The minimum Gasteiger partial charge on any atom is -0.493 e. The number of ether oxygens (including phenoxy) is 3. The molecular weight excluding hydrogens is 308 g/mol. The summed E-state index contributed by atoms with van der Waals surface area (Å²) in [7, 11) is 1.65. The van der Waals surface area contributed by atoms with Gasteiger partial charge in [-0.1, -0.05) is 12.7 Å². The number of rotatable bonds is 5. The first-order valence-corrected chi connectivity index (χ1v) is 7.25. The Labute approximate surface area is 122 Å². The molecule has 0 bridgehead atoms. The largest absolute Gasteiger partial charge is 0.493 e. The van der Waals surface area contributed by atoms with Crippen LogP contribution in [0.3, 0.4) is 0 Å². The maximum Gasteiger partial charge on any atom is 0.175 e. The van der Waals surface area contributed by atoms with E-state index in [0.717, 1.165) is 47.6 Å². The first kappa shape index (κ1) is 14.4. The predicted molar refractivity (Wildman–Crippen MR) is 79.8 cm³/mol. The average Bonchev–Trinajstić information content (AvgIpc) is 2.46. The van der Waals surface area contributed by atoms with Crippen LogP contribution in [0, 0.1) is 5.92 Å². The van der Waals surface area contributed by atoms with E-state index in [-0.39, 0.29) is 0 Å². The third kappa shape index (κ3) is 3.51. The molecule has 0 saturated carbocycles. The van der Waals surface area contributed by atoms with Gasteiger partial charge in [0.15, 0.2) is 11.5 Å². The standard InChI is InChI=1S/C15H19BrO3/c1-3-12-4-5-13(17-2)15(14(12)16)19-10-11-6-8-18-9-7-11/h3-5,11H,1,6-10H2,2H3. The fourth-order valence-corrected chi connectivity index (χ4v) is 2.72. The van der Waals surface area contributed by atoms with E-state index >= 15 is 0 Å². The molecule has 19 heavy (non-hydrogen) atoms. The van der Waals surface area contributed by atoms with E-state index < -0.39 is 0 Å². The van der Waals surface area contributed by atoms with Crippen LogP contribution in [0.4, 0.5) is 0 Å². The summed E-state index contributed by atoms with van der Waals surface area (Å²) >= 11 is 3.56. The van der Waals surface area contributed by atoms with Crippen molar-refractivity contribution >= 4 is 22.0 Å². The zero-order valence-electron chi connectivity index (χ0n) is 11.2. The van der Waals surface area contributed by atoms with E-state index in [1.165, 1.54) is 0 Å². The van der Waals surface area contributed by atoms with Crippen LogP contribution in [0.25, 0.3) is 6.08 Å². The summed E-state index contributed by atoms with van der Waals surface area (Å²) in [5, 5.41) is 0. The third-order valence-corrected chi connectivity index (χ3v) is 4.15. The van der Waals surface area contributed by atoms with Gasteiger partial charge in [-0.2, -0.15) is 0 Å². The second kappa shape index (κ2) is 6.96. The summed E-state index contributed by atoms with van der Waals surface area (Å²) < 4.78 is 17.6. The second-order valence-corrected chi connectivity index (χ2v) is 5.36. The van der Waals surface area contributed by atoms with Crippen LogP contribution >= 0.6 is 15.9 Å². The Bertz CT molecular complexity index is 439. The van der Waals surface area contributed by atoms with Crippen LogP contribution in [-0.4, -0.2) is 26.9 Å². The van der Waals surface area contributed by atoms with Crippen LogP contribution in [0.2, 0.25) is 0 Å². The first-order chi connectivity index (χ1) is 9.26. The van der Waals surface area contributed by atoms with Gasteiger partial charge in [0.05, 0.1) is 18.2 Å². The molecule has 4 heteroatoms. The summed E-state index contributed by atoms with van der Waals surface area (Å²) in [5.41, 5.74) is 1.00. The molecule has 3 nitrogen and oxygen atoms in total. The lowest BCUT2D eigenvalue weighted by molar-refractivity contribution is 0.0492. The number of benzene rings is 1. The van der Waals surface area contributed by atoms with Crippen LogP contribution in [-0.2, 0) is 4.74 Å². The summed E-state index contributed by atoms with van der Waals surface area (Å²) in [6.45, 7) is 6.15. The summed E-state index contributed by atoms with van der Waals surface area (Å²) in [4.78, 5) is 0. The van der Waals surface area contributed by atoms with E-state index in [4.69, 9.17) is 14.2 Å². The molecule has 0 amide bonds. The van der Waals surface area contributed by atoms with E-state index in [2.05, 4.69) is 22.5 Å². The quantitative estimate of drug-likeness (QED) is 0.821. The number of methoxy groups -OCH3 is 1. The molecule has 0 unspecified atom stereocenters. The normalized spacial score (nSPS) is 16.1. The molecule has 104 valence electrons. The van der Waals surface area contributed by atoms with Gasteiger partial charge in [-0.3, -0.25) is 0 Å². The van der Waals surface area contributed by atoms with Crippen molar-refractivity contribution in [3.05, 3.63) is 28.7 Å². The molecule has 1 fully saturated rings. The van der Waals surface area contributed by atoms with E-state index in [1.54, 1.807) is 13.2 Å². The molecule has 1 aliphatic heterocycles. The lowest BCUT2D eigenvalue weighted by Gasteiger charge is -2.23. The Morgan fingerprint density at radius 3 is 2.79 bits per heavy atom. The Morgan fingerprint density at radius 1 is 1.42 bits per heavy atom. The van der Waals surface area contributed by atoms with E-state index in [1.807, 2.05) is 12.1 Å². The van der Waals surface area contributed by atoms with Crippen LogP contribution in [0.1, 0.15) is 18.4 Å². The third-order valence-electron chi connectivity index (χ3n) is 3.33. The molecule has 1 aromatic carbocycles. The van der Waals surface area contributed by atoms with Gasteiger partial charge in [0, 0.05) is 13.2 Å². The Hall–Kier alpha value is -1.00. The van der Waals surface area contributed by atoms with Crippen molar-refractivity contribution < 1.29 is 14.2 Å². The predicted octanol–water partition coefficient (Wildman–Crippen LogP) is 3.91. The fourth-order valence-electron chi connectivity index (χ4n) is 2.12. The van der Waals surface area contributed by atoms with Crippen molar-refractivity contribution in [2.75, 3.05) is 26.9 Å². The molecule has 1 heterocycles. The Kier molecular flexibility index (Phi) is 5.28. The van der Waals surface area contributed by atoms with Gasteiger partial charge >= 0.3 is 0 Å². The van der Waals surface area contributed by atoms with Gasteiger partial charge in [0.2, 0.25) is 0 Å². The molecule has 1 aromatic rings. The molecular formula is C15H19BrO3. The van der Waals surface area contributed by atoms with Crippen molar-refractivity contribution in [2.45, 2.75) is 12.8 Å². The van der Waals surface area contributed by atoms with Crippen molar-refractivity contribution in [2.24, 2.45) is 5.92 Å². The van der Waals surface area contributed by atoms with Crippen molar-refractivity contribution in [1.82, 2.24) is 0 Å². The molecule has 0 N–H and O–H groups in total. The average molecular weight is 327 g/mol. The van der Waals surface area contributed by atoms with Gasteiger partial charge in [-0.15, -0.1) is 0 Å². The maximum atomic E-state index is 5.97. The van der Waals surface area contributed by atoms with Crippen molar-refractivity contribution in [3.63, 3.8) is 0 Å². The number of hydrogen-bond acceptors (Lipinski definition) is 3. The first-order valence-electron chi connectivity index (χ1n) is 6.45. The molecule has 1 aliphatic rings. The highest BCUT2D eigenvalue weighted by atomic mass is 79.9. The van der Waals surface area contributed by atoms with E-state index in [9.17, 15) is 0 Å². The monoisotopic (exact) mass is 326 g/mol. The molecule has 0 aromatic heterocycles. The van der Waals surface area contributed by atoms with Crippen molar-refractivity contribution in [1.29, 1.82) is 0 Å². The minimum absolute atomic E-state index is 0.553. The summed E-state index contributed by atoms with van der Waals surface area (Å²) in [6, 6.07) is 3.86. The zero-order valence-corrected chi connectivity index (χ0v) is 12.7. The number of hydrogen-bond donors (Lipinski definition) is 0. The Morgan fingerprint density at radius 2 is 2.16 bits per heavy atom. The highest BCUT2D eigenvalue weighted by Crippen LogP contribution is 2.38. The maximum absolute atomic E-state index is 5.97. The highest BCUT2D eigenvalue weighted by molar-refractivity contribution is 9.10. The Balaban J connectivity index is 2.10. The van der Waals surface area contributed by atoms with Gasteiger partial charge < -0.3 is 14.2 Å². The molecule has 1 saturated heterocycles. The van der Waals surface area contributed by atoms with Gasteiger partial charge in [0.25, 0.3) is 0 Å². The van der Waals surface area contributed by atoms with Crippen LogP contribution < -0.4 is 9.47 Å². The smallest absolute Gasteiger partial charge is 0.175 e. The lowest BCUT2D eigenvalue weighted by atomic mass is 10.0. The lowest BCUT2D eigenvalue weighted by Crippen LogP contribution is -2.21. The summed E-state index contributed by atoms with van der Waals surface area (Å²) in [6.07, 6.45) is 3.91. The highest BCUT2D eigenvalue weighted by Gasteiger charge is 2.17. The van der Waals surface area contributed by atoms with Crippen LogP contribution in [0.15, 0.2) is 23.2 Å². The topological polar surface area (TPSA) is 27.7 Å². The van der Waals surface area contributed by atoms with Gasteiger partial charge in [0.1, 0.15) is 0 Å². The number of halogens is 1. The molecule has 0 radical (unpaired) electrons. The van der Waals surface area contributed by atoms with E-state index in [0.29, 0.717) is 12.5 Å². The zero-order chi connectivity index (χ0) is 13.7. The van der Waals surface area contributed by atoms with Gasteiger partial charge in [-0.05, 0) is 52.4 Å². The van der Waals surface area contributed by atoms with Crippen molar-refractivity contribution in [3.8, 4) is 11.5 Å². The van der Waals surface area contributed by atoms with Gasteiger partial charge in [-0.25, -0.2) is 0 Å². The summed E-state index contributed by atoms with van der Waals surface area (Å²) in [5.74, 6) is 2.05. The molecule has 0 atom stereocenters. The SMILES string of the molecule is C=Cc1ccc(OC)c(OCC2CCOCC2)c1Br. The molecule has 0 spiro atoms. The minimum atomic E-state index is 0.553.